The molecule has 0 amide bonds. The standard InChI is InChI=1S/C15H18N2O2/c1-15(9-3-2-4-10-15)14-16-13(17-19-14)11-5-7-12(18)8-6-11/h5-8,18H,2-4,9-10H2,1H3. The van der Waals surface area contributed by atoms with Crippen LogP contribution in [-0.4, -0.2) is 15.2 Å². The van der Waals surface area contributed by atoms with Gasteiger partial charge < -0.3 is 9.63 Å². The quantitative estimate of drug-likeness (QED) is 0.893. The summed E-state index contributed by atoms with van der Waals surface area (Å²) in [7, 11) is 0. The van der Waals surface area contributed by atoms with Gasteiger partial charge in [0, 0.05) is 11.0 Å². The molecule has 4 nitrogen and oxygen atoms in total. The predicted octanol–water partition coefficient (Wildman–Crippen LogP) is 3.66. The maximum absolute atomic E-state index is 9.29. The first-order valence-electron chi connectivity index (χ1n) is 6.81. The molecule has 0 atom stereocenters. The number of phenols is 1. The number of hydrogen-bond donors (Lipinski definition) is 1. The van der Waals surface area contributed by atoms with Gasteiger partial charge in [-0.1, -0.05) is 31.3 Å². The van der Waals surface area contributed by atoms with Crippen molar-refractivity contribution in [2.45, 2.75) is 44.4 Å². The molecule has 1 N–H and O–H groups in total. The van der Waals surface area contributed by atoms with E-state index in [0.717, 1.165) is 24.3 Å². The number of phenolic OH excluding ortho intramolecular Hbond substituents is 1. The molecule has 0 saturated heterocycles. The molecule has 1 heterocycles. The van der Waals surface area contributed by atoms with Gasteiger partial charge in [0.1, 0.15) is 5.75 Å². The molecule has 19 heavy (non-hydrogen) atoms. The highest BCUT2D eigenvalue weighted by molar-refractivity contribution is 5.55. The number of aromatic hydroxyl groups is 1. The van der Waals surface area contributed by atoms with Gasteiger partial charge >= 0.3 is 0 Å². The fraction of sp³-hybridized carbons (Fsp3) is 0.467. The summed E-state index contributed by atoms with van der Waals surface area (Å²) < 4.78 is 5.47. The lowest BCUT2D eigenvalue weighted by atomic mass is 9.75. The first-order valence-corrected chi connectivity index (χ1v) is 6.81. The lowest BCUT2D eigenvalue weighted by molar-refractivity contribution is 0.232. The predicted molar refractivity (Wildman–Crippen MR) is 71.8 cm³/mol. The molecular formula is C15H18N2O2. The van der Waals surface area contributed by atoms with E-state index in [1.54, 1.807) is 24.3 Å². The summed E-state index contributed by atoms with van der Waals surface area (Å²) in [6.45, 7) is 2.21. The Hall–Kier alpha value is -1.84. The van der Waals surface area contributed by atoms with Crippen LogP contribution in [0.1, 0.15) is 44.9 Å². The van der Waals surface area contributed by atoms with Crippen LogP contribution in [0.4, 0.5) is 0 Å². The fourth-order valence-corrected chi connectivity index (χ4v) is 2.74. The zero-order valence-corrected chi connectivity index (χ0v) is 11.1. The molecule has 0 spiro atoms. The topological polar surface area (TPSA) is 59.2 Å². The second kappa shape index (κ2) is 4.68. The largest absolute Gasteiger partial charge is 0.508 e. The van der Waals surface area contributed by atoms with Crippen molar-refractivity contribution >= 4 is 0 Å². The van der Waals surface area contributed by atoms with Gasteiger partial charge in [-0.3, -0.25) is 0 Å². The first-order chi connectivity index (χ1) is 9.17. The second-order valence-corrected chi connectivity index (χ2v) is 5.59. The Morgan fingerprint density at radius 2 is 1.79 bits per heavy atom. The lowest BCUT2D eigenvalue weighted by Crippen LogP contribution is -2.25. The number of aromatic nitrogens is 2. The van der Waals surface area contributed by atoms with Crippen LogP contribution in [0.5, 0.6) is 5.75 Å². The molecule has 0 unspecified atom stereocenters. The molecule has 0 bridgehead atoms. The highest BCUT2D eigenvalue weighted by atomic mass is 16.5. The normalized spacial score (nSPS) is 18.4. The summed E-state index contributed by atoms with van der Waals surface area (Å²) in [6.07, 6.45) is 5.99. The third-order valence-electron chi connectivity index (χ3n) is 4.02. The minimum absolute atomic E-state index is 0.0282. The van der Waals surface area contributed by atoms with Crippen molar-refractivity contribution in [2.24, 2.45) is 0 Å². The van der Waals surface area contributed by atoms with Crippen LogP contribution in [0.2, 0.25) is 0 Å². The van der Waals surface area contributed by atoms with Crippen molar-refractivity contribution in [3.05, 3.63) is 30.2 Å². The molecule has 1 aliphatic rings. The Balaban J connectivity index is 1.88. The Labute approximate surface area is 112 Å². The van der Waals surface area contributed by atoms with Crippen molar-refractivity contribution < 1.29 is 9.63 Å². The van der Waals surface area contributed by atoms with Crippen LogP contribution in [0.15, 0.2) is 28.8 Å². The average molecular weight is 258 g/mol. The molecular weight excluding hydrogens is 240 g/mol. The third kappa shape index (κ3) is 2.35. The third-order valence-corrected chi connectivity index (χ3v) is 4.02. The molecule has 100 valence electrons. The maximum Gasteiger partial charge on any atom is 0.232 e. The summed E-state index contributed by atoms with van der Waals surface area (Å²) in [5.41, 5.74) is 0.896. The summed E-state index contributed by atoms with van der Waals surface area (Å²) in [6, 6.07) is 6.86. The van der Waals surface area contributed by atoms with E-state index in [0.29, 0.717) is 5.82 Å². The van der Waals surface area contributed by atoms with Crippen LogP contribution >= 0.6 is 0 Å². The van der Waals surface area contributed by atoms with E-state index in [-0.39, 0.29) is 11.2 Å². The molecule has 0 aliphatic heterocycles. The minimum Gasteiger partial charge on any atom is -0.508 e. The summed E-state index contributed by atoms with van der Waals surface area (Å²) in [5.74, 6) is 1.59. The fourth-order valence-electron chi connectivity index (χ4n) is 2.74. The van der Waals surface area contributed by atoms with E-state index in [9.17, 15) is 5.11 Å². The highest BCUT2D eigenvalue weighted by Gasteiger charge is 2.34. The Bertz CT molecular complexity index is 554. The van der Waals surface area contributed by atoms with E-state index >= 15 is 0 Å². The van der Waals surface area contributed by atoms with Gasteiger partial charge in [0.25, 0.3) is 0 Å². The molecule has 2 aromatic rings. The molecule has 1 saturated carbocycles. The SMILES string of the molecule is CC1(c2nc(-c3ccc(O)cc3)no2)CCCCC1. The average Bonchev–Trinajstić information content (AvgIpc) is 2.91. The van der Waals surface area contributed by atoms with Gasteiger partial charge in [-0.2, -0.15) is 4.98 Å². The van der Waals surface area contributed by atoms with E-state index in [1.165, 1.54) is 19.3 Å². The maximum atomic E-state index is 9.29. The molecule has 1 aromatic heterocycles. The van der Waals surface area contributed by atoms with Crippen molar-refractivity contribution in [3.63, 3.8) is 0 Å². The molecule has 3 rings (SSSR count). The van der Waals surface area contributed by atoms with Crippen LogP contribution in [0, 0.1) is 0 Å². The Morgan fingerprint density at radius 1 is 1.11 bits per heavy atom. The van der Waals surface area contributed by atoms with Gasteiger partial charge in [-0.15, -0.1) is 0 Å². The Morgan fingerprint density at radius 3 is 2.47 bits per heavy atom. The molecule has 1 fully saturated rings. The van der Waals surface area contributed by atoms with Crippen molar-refractivity contribution in [2.75, 3.05) is 0 Å². The van der Waals surface area contributed by atoms with Gasteiger partial charge in [0.05, 0.1) is 0 Å². The second-order valence-electron chi connectivity index (χ2n) is 5.59. The summed E-state index contributed by atoms with van der Waals surface area (Å²) in [4.78, 5) is 4.55. The number of benzene rings is 1. The van der Waals surface area contributed by atoms with E-state index in [2.05, 4.69) is 17.1 Å². The van der Waals surface area contributed by atoms with E-state index in [4.69, 9.17) is 4.52 Å². The monoisotopic (exact) mass is 258 g/mol. The van der Waals surface area contributed by atoms with Gasteiger partial charge in [-0.25, -0.2) is 0 Å². The first kappa shape index (κ1) is 12.2. The smallest absolute Gasteiger partial charge is 0.232 e. The highest BCUT2D eigenvalue weighted by Crippen LogP contribution is 2.38. The molecule has 1 aromatic carbocycles. The molecule has 0 radical (unpaired) electrons. The Kier molecular flexibility index (Phi) is 3.01. The van der Waals surface area contributed by atoms with Crippen molar-refractivity contribution in [1.82, 2.24) is 10.1 Å². The number of rotatable bonds is 2. The summed E-state index contributed by atoms with van der Waals surface area (Å²) in [5, 5.41) is 13.4. The van der Waals surface area contributed by atoms with E-state index < -0.39 is 0 Å². The molecule has 4 heteroatoms. The van der Waals surface area contributed by atoms with E-state index in [1.807, 2.05) is 0 Å². The van der Waals surface area contributed by atoms with Gasteiger partial charge in [0.2, 0.25) is 11.7 Å². The number of nitrogens with zero attached hydrogens (tertiary/aromatic N) is 2. The van der Waals surface area contributed by atoms with Gasteiger partial charge in [0.15, 0.2) is 0 Å². The van der Waals surface area contributed by atoms with Crippen LogP contribution in [-0.2, 0) is 5.41 Å². The summed E-state index contributed by atoms with van der Waals surface area (Å²) >= 11 is 0. The van der Waals surface area contributed by atoms with Crippen molar-refractivity contribution in [1.29, 1.82) is 0 Å². The van der Waals surface area contributed by atoms with Crippen LogP contribution < -0.4 is 0 Å². The van der Waals surface area contributed by atoms with Crippen molar-refractivity contribution in [3.8, 4) is 17.1 Å². The molecule has 1 aliphatic carbocycles. The van der Waals surface area contributed by atoms with Gasteiger partial charge in [-0.05, 0) is 37.1 Å². The lowest BCUT2D eigenvalue weighted by Gasteiger charge is -2.29. The number of hydrogen-bond acceptors (Lipinski definition) is 4. The van der Waals surface area contributed by atoms with Crippen LogP contribution in [0.25, 0.3) is 11.4 Å². The minimum atomic E-state index is 0.0282. The van der Waals surface area contributed by atoms with Crippen LogP contribution in [0.3, 0.4) is 0 Å². The zero-order valence-electron chi connectivity index (χ0n) is 11.1. The zero-order chi connectivity index (χ0) is 13.3.